The van der Waals surface area contributed by atoms with Crippen LogP contribution in [0.3, 0.4) is 0 Å². The Labute approximate surface area is 121 Å². The summed E-state index contributed by atoms with van der Waals surface area (Å²) in [4.78, 5) is 13.8. The van der Waals surface area contributed by atoms with Gasteiger partial charge in [0.1, 0.15) is 0 Å². The van der Waals surface area contributed by atoms with Gasteiger partial charge in [-0.2, -0.15) is 0 Å². The van der Waals surface area contributed by atoms with Crippen LogP contribution in [0.15, 0.2) is 36.4 Å². The molecule has 0 radical (unpaired) electrons. The highest BCUT2D eigenvalue weighted by atomic mass is 16.3. The van der Waals surface area contributed by atoms with Crippen molar-refractivity contribution >= 4 is 12.0 Å². The van der Waals surface area contributed by atoms with Crippen molar-refractivity contribution in [2.75, 3.05) is 6.54 Å². The van der Waals surface area contributed by atoms with Gasteiger partial charge >= 0.3 is 0 Å². The number of rotatable bonds is 7. The van der Waals surface area contributed by atoms with Crippen molar-refractivity contribution in [2.24, 2.45) is 0 Å². The summed E-state index contributed by atoms with van der Waals surface area (Å²) in [6.45, 7) is 6.05. The predicted octanol–water partition coefficient (Wildman–Crippen LogP) is 3.10. The molecule has 0 aliphatic heterocycles. The molecule has 0 aliphatic rings. The van der Waals surface area contributed by atoms with E-state index in [1.54, 1.807) is 11.8 Å². The van der Waals surface area contributed by atoms with E-state index in [0.717, 1.165) is 12.0 Å². The lowest BCUT2D eigenvalue weighted by Crippen LogP contribution is -2.41. The Balaban J connectivity index is 2.43. The second-order valence-electron chi connectivity index (χ2n) is 5.34. The van der Waals surface area contributed by atoms with Crippen LogP contribution in [0, 0.1) is 0 Å². The molecule has 0 fully saturated rings. The van der Waals surface area contributed by atoms with Crippen LogP contribution < -0.4 is 0 Å². The van der Waals surface area contributed by atoms with Gasteiger partial charge in [0, 0.05) is 19.0 Å². The summed E-state index contributed by atoms with van der Waals surface area (Å²) < 4.78 is 0. The zero-order valence-electron chi connectivity index (χ0n) is 12.6. The fourth-order valence-corrected chi connectivity index (χ4v) is 2.02. The number of carbonyl (C=O) groups excluding carboxylic acids is 1. The van der Waals surface area contributed by atoms with E-state index in [9.17, 15) is 9.90 Å². The maximum atomic E-state index is 12.1. The van der Waals surface area contributed by atoms with Crippen molar-refractivity contribution in [2.45, 2.75) is 45.8 Å². The molecule has 20 heavy (non-hydrogen) atoms. The summed E-state index contributed by atoms with van der Waals surface area (Å²) in [5, 5.41) is 9.43. The lowest BCUT2D eigenvalue weighted by atomic mass is 10.1. The van der Waals surface area contributed by atoms with E-state index < -0.39 is 6.10 Å². The van der Waals surface area contributed by atoms with E-state index in [4.69, 9.17) is 0 Å². The Bertz CT molecular complexity index is 424. The van der Waals surface area contributed by atoms with Crippen LogP contribution in [-0.2, 0) is 4.79 Å². The number of allylic oxidation sites excluding steroid dienone is 1. The van der Waals surface area contributed by atoms with Crippen LogP contribution in [0.2, 0.25) is 0 Å². The van der Waals surface area contributed by atoms with Crippen LogP contribution >= 0.6 is 0 Å². The van der Waals surface area contributed by atoms with Crippen LogP contribution in [0.25, 0.3) is 6.08 Å². The Morgan fingerprint density at radius 2 is 1.90 bits per heavy atom. The molecule has 3 nitrogen and oxygen atoms in total. The van der Waals surface area contributed by atoms with E-state index in [2.05, 4.69) is 0 Å². The van der Waals surface area contributed by atoms with Gasteiger partial charge in [-0.1, -0.05) is 42.5 Å². The summed E-state index contributed by atoms with van der Waals surface area (Å²) in [5.74, 6) is 0.0959. The summed E-state index contributed by atoms with van der Waals surface area (Å²) in [5.41, 5.74) is 1.14. The Morgan fingerprint density at radius 1 is 1.25 bits per heavy atom. The zero-order chi connectivity index (χ0) is 15.0. The number of amides is 1. The van der Waals surface area contributed by atoms with Crippen molar-refractivity contribution in [1.82, 2.24) is 4.90 Å². The molecular formula is C17H25NO2. The molecule has 0 spiro atoms. The van der Waals surface area contributed by atoms with E-state index in [-0.39, 0.29) is 11.9 Å². The lowest BCUT2D eigenvalue weighted by molar-refractivity contribution is -0.134. The van der Waals surface area contributed by atoms with E-state index in [0.29, 0.717) is 13.0 Å². The second kappa shape index (κ2) is 8.54. The van der Waals surface area contributed by atoms with Gasteiger partial charge in [-0.15, -0.1) is 0 Å². The van der Waals surface area contributed by atoms with Gasteiger partial charge in [0.15, 0.2) is 0 Å². The van der Waals surface area contributed by atoms with Crippen LogP contribution in [0.1, 0.15) is 39.2 Å². The largest absolute Gasteiger partial charge is 0.392 e. The first-order valence-electron chi connectivity index (χ1n) is 7.20. The Kier molecular flexibility index (Phi) is 7.02. The first-order valence-corrected chi connectivity index (χ1v) is 7.20. The summed E-state index contributed by atoms with van der Waals surface area (Å²) in [7, 11) is 0. The summed E-state index contributed by atoms with van der Waals surface area (Å²) in [6, 6.07) is 10.2. The number of carbonyl (C=O) groups is 1. The molecule has 0 saturated heterocycles. The molecule has 0 saturated carbocycles. The first-order chi connectivity index (χ1) is 9.50. The van der Waals surface area contributed by atoms with Gasteiger partial charge in [-0.25, -0.2) is 0 Å². The molecule has 1 rings (SSSR count). The molecule has 0 bridgehead atoms. The van der Waals surface area contributed by atoms with Crippen molar-refractivity contribution < 1.29 is 9.90 Å². The fourth-order valence-electron chi connectivity index (χ4n) is 2.02. The Morgan fingerprint density at radius 3 is 2.45 bits per heavy atom. The zero-order valence-corrected chi connectivity index (χ0v) is 12.6. The third-order valence-electron chi connectivity index (χ3n) is 3.04. The minimum atomic E-state index is -0.485. The maximum absolute atomic E-state index is 12.1. The number of hydrogen-bond donors (Lipinski definition) is 1. The average Bonchev–Trinajstić information content (AvgIpc) is 2.41. The fraction of sp³-hybridized carbons (Fsp3) is 0.471. The maximum Gasteiger partial charge on any atom is 0.223 e. The van der Waals surface area contributed by atoms with Crippen molar-refractivity contribution in [1.29, 1.82) is 0 Å². The van der Waals surface area contributed by atoms with Gasteiger partial charge in [0.2, 0.25) is 5.91 Å². The molecule has 110 valence electrons. The second-order valence-corrected chi connectivity index (χ2v) is 5.34. The third-order valence-corrected chi connectivity index (χ3v) is 3.04. The van der Waals surface area contributed by atoms with Gasteiger partial charge < -0.3 is 10.0 Å². The van der Waals surface area contributed by atoms with Gasteiger partial charge in [0.05, 0.1) is 6.10 Å². The molecule has 3 heteroatoms. The van der Waals surface area contributed by atoms with Crippen molar-refractivity contribution in [3.8, 4) is 0 Å². The number of benzene rings is 1. The first kappa shape index (κ1) is 16.4. The quantitative estimate of drug-likeness (QED) is 0.830. The predicted molar refractivity (Wildman–Crippen MR) is 83.2 cm³/mol. The van der Waals surface area contributed by atoms with E-state index in [1.807, 2.05) is 56.3 Å². The van der Waals surface area contributed by atoms with Gasteiger partial charge in [-0.05, 0) is 32.8 Å². The number of aliphatic hydroxyl groups excluding tert-OH is 1. The number of aliphatic hydroxyl groups is 1. The molecule has 1 unspecified atom stereocenters. The normalized spacial score (nSPS) is 12.8. The smallest absolute Gasteiger partial charge is 0.223 e. The molecule has 0 aliphatic carbocycles. The molecule has 1 aromatic carbocycles. The number of hydrogen-bond acceptors (Lipinski definition) is 2. The van der Waals surface area contributed by atoms with Crippen molar-refractivity contribution in [3.63, 3.8) is 0 Å². The molecule has 1 aromatic rings. The third kappa shape index (κ3) is 6.02. The van der Waals surface area contributed by atoms with Gasteiger partial charge in [0.25, 0.3) is 0 Å². The summed E-state index contributed by atoms with van der Waals surface area (Å²) >= 11 is 0. The molecule has 0 heterocycles. The highest BCUT2D eigenvalue weighted by Crippen LogP contribution is 2.07. The monoisotopic (exact) mass is 275 g/mol. The van der Waals surface area contributed by atoms with Crippen LogP contribution in [-0.4, -0.2) is 34.6 Å². The summed E-state index contributed by atoms with van der Waals surface area (Å²) in [6.07, 6.45) is 4.77. The van der Waals surface area contributed by atoms with Crippen molar-refractivity contribution in [3.05, 3.63) is 42.0 Å². The molecule has 1 amide bonds. The lowest BCUT2D eigenvalue weighted by Gasteiger charge is -2.28. The molecule has 1 atom stereocenters. The highest BCUT2D eigenvalue weighted by molar-refractivity contribution is 5.76. The molecule has 0 aromatic heterocycles. The standard InChI is InChI=1S/C17H25NO2/c1-14(2)18(13-15(3)19)17(20)12-8-7-11-16-9-5-4-6-10-16/h4-7,9-11,14-15,19H,8,12-13H2,1-3H3/b11-7+. The molecule has 1 N–H and O–H groups in total. The minimum absolute atomic E-state index is 0.0959. The highest BCUT2D eigenvalue weighted by Gasteiger charge is 2.17. The van der Waals surface area contributed by atoms with Gasteiger partial charge in [-0.3, -0.25) is 4.79 Å². The minimum Gasteiger partial charge on any atom is -0.392 e. The van der Waals surface area contributed by atoms with Crippen LogP contribution in [0.4, 0.5) is 0 Å². The van der Waals surface area contributed by atoms with E-state index in [1.165, 1.54) is 0 Å². The SMILES string of the molecule is CC(O)CN(C(=O)CC/C=C/c1ccccc1)C(C)C. The Hall–Kier alpha value is -1.61. The van der Waals surface area contributed by atoms with E-state index >= 15 is 0 Å². The number of nitrogens with zero attached hydrogens (tertiary/aromatic N) is 1. The van der Waals surface area contributed by atoms with Crippen LogP contribution in [0.5, 0.6) is 0 Å². The molecular weight excluding hydrogens is 250 g/mol. The topological polar surface area (TPSA) is 40.5 Å². The average molecular weight is 275 g/mol.